The van der Waals surface area contributed by atoms with Crippen LogP contribution in [0.3, 0.4) is 0 Å². The topological polar surface area (TPSA) is 30.5 Å². The van der Waals surface area contributed by atoms with E-state index in [1.165, 1.54) is 12.8 Å². The predicted molar refractivity (Wildman–Crippen MR) is 82.2 cm³/mol. The third-order valence-electron chi connectivity index (χ3n) is 3.90. The van der Waals surface area contributed by atoms with Gasteiger partial charge in [-0.25, -0.2) is 0 Å². The minimum Gasteiger partial charge on any atom is -0.494 e. The van der Waals surface area contributed by atoms with E-state index in [1.807, 2.05) is 30.3 Å². The first-order valence-corrected chi connectivity index (χ1v) is 7.85. The molecule has 1 fully saturated rings. The van der Waals surface area contributed by atoms with Gasteiger partial charge in [-0.15, -0.1) is 0 Å². The Morgan fingerprint density at radius 3 is 2.70 bits per heavy atom. The van der Waals surface area contributed by atoms with Crippen LogP contribution in [0.4, 0.5) is 0 Å². The Bertz CT molecular complexity index is 369. The zero-order valence-electron chi connectivity index (χ0n) is 12.7. The van der Waals surface area contributed by atoms with Gasteiger partial charge in [0.1, 0.15) is 5.75 Å². The molecule has 1 saturated heterocycles. The normalized spacial score (nSPS) is 26.4. The van der Waals surface area contributed by atoms with Gasteiger partial charge in [-0.05, 0) is 38.3 Å². The smallest absolute Gasteiger partial charge is 0.119 e. The van der Waals surface area contributed by atoms with Crippen molar-refractivity contribution in [3.05, 3.63) is 30.3 Å². The van der Waals surface area contributed by atoms with Crippen LogP contribution >= 0.6 is 0 Å². The Hall–Kier alpha value is -1.06. The summed E-state index contributed by atoms with van der Waals surface area (Å²) in [6.45, 7) is 5.98. The standard InChI is InChI=1S/C17H27NO2/c1-3-16-17(11-10-14(2)18-16)20-13-7-12-19-15-8-5-4-6-9-15/h4-6,8-9,14,16-18H,3,7,10-13H2,1-2H3. The molecule has 1 N–H and O–H groups in total. The predicted octanol–water partition coefficient (Wildman–Crippen LogP) is 3.39. The fourth-order valence-corrected chi connectivity index (χ4v) is 2.75. The van der Waals surface area contributed by atoms with Gasteiger partial charge in [0.25, 0.3) is 0 Å². The molecule has 0 saturated carbocycles. The molecule has 3 unspecified atom stereocenters. The van der Waals surface area contributed by atoms with Crippen LogP contribution in [-0.4, -0.2) is 31.4 Å². The first kappa shape index (κ1) is 15.3. The van der Waals surface area contributed by atoms with Gasteiger partial charge >= 0.3 is 0 Å². The number of hydrogen-bond acceptors (Lipinski definition) is 3. The second kappa shape index (κ2) is 8.28. The Balaban J connectivity index is 1.60. The third kappa shape index (κ3) is 4.80. The monoisotopic (exact) mass is 277 g/mol. The fraction of sp³-hybridized carbons (Fsp3) is 0.647. The van der Waals surface area contributed by atoms with Crippen LogP contribution in [0.2, 0.25) is 0 Å². The number of hydrogen-bond donors (Lipinski definition) is 1. The molecule has 1 aromatic carbocycles. The van der Waals surface area contributed by atoms with Gasteiger partial charge < -0.3 is 14.8 Å². The van der Waals surface area contributed by atoms with Crippen molar-refractivity contribution < 1.29 is 9.47 Å². The lowest BCUT2D eigenvalue weighted by atomic mass is 9.95. The van der Waals surface area contributed by atoms with E-state index in [1.54, 1.807) is 0 Å². The zero-order chi connectivity index (χ0) is 14.2. The summed E-state index contributed by atoms with van der Waals surface area (Å²) in [6, 6.07) is 11.1. The molecule has 0 radical (unpaired) electrons. The van der Waals surface area contributed by atoms with Crippen molar-refractivity contribution in [1.82, 2.24) is 5.32 Å². The number of piperidine rings is 1. The molecule has 0 spiro atoms. The molecule has 0 aliphatic carbocycles. The summed E-state index contributed by atoms with van der Waals surface area (Å²) in [5, 5.41) is 3.63. The number of rotatable bonds is 7. The van der Waals surface area contributed by atoms with Crippen molar-refractivity contribution in [2.24, 2.45) is 0 Å². The van der Waals surface area contributed by atoms with Crippen molar-refractivity contribution in [1.29, 1.82) is 0 Å². The van der Waals surface area contributed by atoms with Crippen molar-refractivity contribution >= 4 is 0 Å². The number of benzene rings is 1. The molecule has 3 nitrogen and oxygen atoms in total. The van der Waals surface area contributed by atoms with E-state index in [4.69, 9.17) is 9.47 Å². The van der Waals surface area contributed by atoms with E-state index in [-0.39, 0.29) is 0 Å². The quantitative estimate of drug-likeness (QED) is 0.775. The molecule has 1 aliphatic heterocycles. The summed E-state index contributed by atoms with van der Waals surface area (Å²) in [7, 11) is 0. The highest BCUT2D eigenvalue weighted by atomic mass is 16.5. The summed E-state index contributed by atoms with van der Waals surface area (Å²) >= 11 is 0. The molecular weight excluding hydrogens is 250 g/mol. The zero-order valence-corrected chi connectivity index (χ0v) is 12.7. The highest BCUT2D eigenvalue weighted by Gasteiger charge is 2.26. The summed E-state index contributed by atoms with van der Waals surface area (Å²) in [5.41, 5.74) is 0. The average molecular weight is 277 g/mol. The summed E-state index contributed by atoms with van der Waals surface area (Å²) in [4.78, 5) is 0. The summed E-state index contributed by atoms with van der Waals surface area (Å²) in [6.07, 6.45) is 4.83. The van der Waals surface area contributed by atoms with Crippen molar-refractivity contribution in [3.8, 4) is 5.75 Å². The SMILES string of the molecule is CCC1NC(C)CCC1OCCCOc1ccccc1. The van der Waals surface area contributed by atoms with Gasteiger partial charge in [0, 0.05) is 18.5 Å². The summed E-state index contributed by atoms with van der Waals surface area (Å²) < 4.78 is 11.7. The van der Waals surface area contributed by atoms with Crippen LogP contribution in [0.1, 0.15) is 39.5 Å². The van der Waals surface area contributed by atoms with Crippen molar-refractivity contribution in [2.75, 3.05) is 13.2 Å². The van der Waals surface area contributed by atoms with Crippen LogP contribution in [0, 0.1) is 0 Å². The number of ether oxygens (including phenoxy) is 2. The van der Waals surface area contributed by atoms with E-state index >= 15 is 0 Å². The lowest BCUT2D eigenvalue weighted by molar-refractivity contribution is -0.00469. The molecule has 1 aromatic rings. The maximum absolute atomic E-state index is 6.03. The average Bonchev–Trinajstić information content (AvgIpc) is 2.49. The summed E-state index contributed by atoms with van der Waals surface area (Å²) in [5.74, 6) is 0.937. The molecule has 1 aliphatic rings. The van der Waals surface area contributed by atoms with Crippen LogP contribution in [0.15, 0.2) is 30.3 Å². The molecule has 0 bridgehead atoms. The fourth-order valence-electron chi connectivity index (χ4n) is 2.75. The lowest BCUT2D eigenvalue weighted by Crippen LogP contribution is -2.50. The van der Waals surface area contributed by atoms with Gasteiger partial charge in [0.2, 0.25) is 0 Å². The molecule has 3 atom stereocenters. The molecule has 1 heterocycles. The van der Waals surface area contributed by atoms with Crippen LogP contribution in [0.5, 0.6) is 5.75 Å². The Morgan fingerprint density at radius 1 is 1.15 bits per heavy atom. The van der Waals surface area contributed by atoms with Crippen molar-refractivity contribution in [2.45, 2.75) is 57.7 Å². The number of para-hydroxylation sites is 1. The molecule has 2 rings (SSSR count). The van der Waals surface area contributed by atoms with Crippen molar-refractivity contribution in [3.63, 3.8) is 0 Å². The van der Waals surface area contributed by atoms with Crippen LogP contribution < -0.4 is 10.1 Å². The first-order chi connectivity index (χ1) is 9.79. The van der Waals surface area contributed by atoms with Crippen LogP contribution in [0.25, 0.3) is 0 Å². The second-order valence-electron chi connectivity index (χ2n) is 5.58. The van der Waals surface area contributed by atoms with E-state index in [2.05, 4.69) is 19.2 Å². The van der Waals surface area contributed by atoms with E-state index in [0.717, 1.165) is 31.8 Å². The van der Waals surface area contributed by atoms with Gasteiger partial charge in [-0.3, -0.25) is 0 Å². The second-order valence-corrected chi connectivity index (χ2v) is 5.58. The molecule has 0 aromatic heterocycles. The van der Waals surface area contributed by atoms with E-state index in [0.29, 0.717) is 18.2 Å². The third-order valence-corrected chi connectivity index (χ3v) is 3.90. The van der Waals surface area contributed by atoms with Gasteiger partial charge in [-0.1, -0.05) is 25.1 Å². The molecule has 20 heavy (non-hydrogen) atoms. The lowest BCUT2D eigenvalue weighted by Gasteiger charge is -2.35. The highest BCUT2D eigenvalue weighted by molar-refractivity contribution is 5.20. The number of nitrogens with one attached hydrogen (secondary N) is 1. The van der Waals surface area contributed by atoms with Gasteiger partial charge in [0.15, 0.2) is 0 Å². The largest absolute Gasteiger partial charge is 0.494 e. The molecule has 3 heteroatoms. The minimum atomic E-state index is 0.368. The molecule has 0 amide bonds. The minimum absolute atomic E-state index is 0.368. The molecule has 112 valence electrons. The Labute approximate surface area is 122 Å². The van der Waals surface area contributed by atoms with E-state index in [9.17, 15) is 0 Å². The van der Waals surface area contributed by atoms with Crippen LogP contribution in [-0.2, 0) is 4.74 Å². The maximum atomic E-state index is 6.03. The maximum Gasteiger partial charge on any atom is 0.119 e. The van der Waals surface area contributed by atoms with E-state index < -0.39 is 0 Å². The highest BCUT2D eigenvalue weighted by Crippen LogP contribution is 2.19. The van der Waals surface area contributed by atoms with Gasteiger partial charge in [0.05, 0.1) is 19.3 Å². The Morgan fingerprint density at radius 2 is 1.95 bits per heavy atom. The van der Waals surface area contributed by atoms with Gasteiger partial charge in [-0.2, -0.15) is 0 Å². The first-order valence-electron chi connectivity index (χ1n) is 7.85. The Kier molecular flexibility index (Phi) is 6.34. The molecular formula is C17H27NO2.